The van der Waals surface area contributed by atoms with Gasteiger partial charge in [0.1, 0.15) is 10.8 Å². The Kier molecular flexibility index (Phi) is 4.09. The lowest BCUT2D eigenvalue weighted by atomic mass is 10.2. The summed E-state index contributed by atoms with van der Waals surface area (Å²) in [6, 6.07) is 5.07. The molecule has 2 rings (SSSR count). The van der Waals surface area contributed by atoms with Crippen LogP contribution in [0.1, 0.15) is 13.8 Å². The van der Waals surface area contributed by atoms with E-state index in [2.05, 4.69) is 5.32 Å². The number of cyclic esters (lactones) is 2. The smallest absolute Gasteiger partial charge is 0.350 e. The van der Waals surface area contributed by atoms with Gasteiger partial charge >= 0.3 is 11.9 Å². The molecule has 21 heavy (non-hydrogen) atoms. The fraction of sp³-hybridized carbons (Fsp3) is 0.286. The molecular weight excluding hydrogens is 298 g/mol. The molecule has 7 heteroatoms. The quantitative estimate of drug-likeness (QED) is 0.525. The van der Waals surface area contributed by atoms with Crippen molar-refractivity contribution in [3.63, 3.8) is 0 Å². The van der Waals surface area contributed by atoms with Crippen molar-refractivity contribution in [1.29, 1.82) is 0 Å². The minimum absolute atomic E-state index is 0.242. The van der Waals surface area contributed by atoms with Gasteiger partial charge in [0.25, 0.3) is 5.79 Å². The second kappa shape index (κ2) is 5.65. The molecule has 0 spiro atoms. The van der Waals surface area contributed by atoms with Gasteiger partial charge in [-0.15, -0.1) is 0 Å². The summed E-state index contributed by atoms with van der Waals surface area (Å²) < 4.78 is 15.0. The van der Waals surface area contributed by atoms with Crippen molar-refractivity contribution >= 4 is 29.2 Å². The van der Waals surface area contributed by atoms with E-state index < -0.39 is 17.7 Å². The monoisotopic (exact) mass is 311 g/mol. The summed E-state index contributed by atoms with van der Waals surface area (Å²) >= 11 is 6.10. The maximum Gasteiger partial charge on any atom is 0.350 e. The molecule has 0 atom stereocenters. The van der Waals surface area contributed by atoms with Crippen molar-refractivity contribution in [1.82, 2.24) is 0 Å². The number of carbonyl (C=O) groups is 2. The predicted molar refractivity (Wildman–Crippen MR) is 76.0 cm³/mol. The molecule has 1 fully saturated rings. The average molecular weight is 312 g/mol. The Bertz CT molecular complexity index is 602. The molecule has 0 unspecified atom stereocenters. The first-order chi connectivity index (χ1) is 9.84. The molecular formula is C14H14ClNO5. The number of esters is 2. The number of rotatable bonds is 3. The van der Waals surface area contributed by atoms with E-state index in [-0.39, 0.29) is 5.57 Å². The van der Waals surface area contributed by atoms with Crippen LogP contribution in [0.15, 0.2) is 30.0 Å². The highest BCUT2D eigenvalue weighted by Crippen LogP contribution is 2.32. The number of halogens is 1. The Morgan fingerprint density at radius 1 is 1.24 bits per heavy atom. The molecule has 1 aliphatic heterocycles. The molecule has 1 aromatic carbocycles. The normalized spacial score (nSPS) is 16.9. The lowest BCUT2D eigenvalue weighted by Gasteiger charge is -2.29. The van der Waals surface area contributed by atoms with Gasteiger partial charge in [-0.25, -0.2) is 9.59 Å². The van der Waals surface area contributed by atoms with Crippen LogP contribution >= 0.6 is 11.6 Å². The van der Waals surface area contributed by atoms with Crippen LogP contribution in [-0.2, 0) is 19.1 Å². The zero-order valence-electron chi connectivity index (χ0n) is 11.7. The summed E-state index contributed by atoms with van der Waals surface area (Å²) in [6.07, 6.45) is 1.20. The number of benzene rings is 1. The number of hydrogen-bond acceptors (Lipinski definition) is 6. The average Bonchev–Trinajstić information content (AvgIpc) is 2.38. The lowest BCUT2D eigenvalue weighted by Crippen LogP contribution is -2.42. The molecule has 1 aromatic rings. The summed E-state index contributed by atoms with van der Waals surface area (Å²) in [6.45, 7) is 2.96. The summed E-state index contributed by atoms with van der Waals surface area (Å²) in [5.41, 5.74) is 0.238. The summed E-state index contributed by atoms with van der Waals surface area (Å²) in [7, 11) is 1.49. The van der Waals surface area contributed by atoms with E-state index in [1.165, 1.54) is 27.2 Å². The van der Waals surface area contributed by atoms with Crippen molar-refractivity contribution in [2.24, 2.45) is 0 Å². The van der Waals surface area contributed by atoms with Crippen molar-refractivity contribution in [2.75, 3.05) is 12.4 Å². The van der Waals surface area contributed by atoms with E-state index in [0.717, 1.165) is 0 Å². The summed E-state index contributed by atoms with van der Waals surface area (Å²) in [4.78, 5) is 23.5. The Labute approximate surface area is 126 Å². The molecule has 0 saturated carbocycles. The van der Waals surface area contributed by atoms with Crippen LogP contribution in [0.4, 0.5) is 5.69 Å². The van der Waals surface area contributed by atoms with Crippen LogP contribution in [0.2, 0.25) is 5.02 Å². The molecule has 1 heterocycles. The number of ether oxygens (including phenoxy) is 3. The van der Waals surface area contributed by atoms with Gasteiger partial charge in [-0.3, -0.25) is 0 Å². The zero-order valence-corrected chi connectivity index (χ0v) is 12.5. The molecule has 0 bridgehead atoms. The van der Waals surface area contributed by atoms with Crippen LogP contribution in [0, 0.1) is 0 Å². The van der Waals surface area contributed by atoms with E-state index in [0.29, 0.717) is 16.5 Å². The Morgan fingerprint density at radius 2 is 1.86 bits per heavy atom. The molecule has 6 nitrogen and oxygen atoms in total. The maximum absolute atomic E-state index is 11.8. The molecule has 1 saturated heterocycles. The number of nitrogens with one attached hydrogen (secondary N) is 1. The van der Waals surface area contributed by atoms with Crippen LogP contribution in [0.25, 0.3) is 0 Å². The first-order valence-electron chi connectivity index (χ1n) is 6.10. The Hall–Kier alpha value is -2.21. The van der Waals surface area contributed by atoms with Crippen LogP contribution in [0.3, 0.4) is 0 Å². The SMILES string of the molecule is COc1cccc(NC=C2C(=O)OC(C)(C)OC2=O)c1Cl. The Morgan fingerprint density at radius 3 is 2.43 bits per heavy atom. The van der Waals surface area contributed by atoms with Crippen molar-refractivity contribution in [3.05, 3.63) is 35.0 Å². The van der Waals surface area contributed by atoms with Crippen molar-refractivity contribution in [2.45, 2.75) is 19.6 Å². The van der Waals surface area contributed by atoms with Crippen LogP contribution < -0.4 is 10.1 Å². The highest BCUT2D eigenvalue weighted by molar-refractivity contribution is 6.34. The van der Waals surface area contributed by atoms with Crippen LogP contribution in [-0.4, -0.2) is 24.8 Å². The number of methoxy groups -OCH3 is 1. The molecule has 0 aliphatic carbocycles. The maximum atomic E-state index is 11.8. The van der Waals surface area contributed by atoms with Gasteiger partial charge in [-0.05, 0) is 12.1 Å². The van der Waals surface area contributed by atoms with Crippen molar-refractivity contribution < 1.29 is 23.8 Å². The minimum Gasteiger partial charge on any atom is -0.495 e. The number of carbonyl (C=O) groups excluding carboxylic acids is 2. The molecule has 1 aliphatic rings. The summed E-state index contributed by atoms with van der Waals surface area (Å²) in [5, 5.41) is 3.10. The van der Waals surface area contributed by atoms with E-state index in [9.17, 15) is 9.59 Å². The molecule has 0 aromatic heterocycles. The van der Waals surface area contributed by atoms with Gasteiger partial charge < -0.3 is 19.5 Å². The van der Waals surface area contributed by atoms with Gasteiger partial charge in [0.15, 0.2) is 5.57 Å². The molecule has 0 radical (unpaired) electrons. The van der Waals surface area contributed by atoms with Gasteiger partial charge in [0.2, 0.25) is 0 Å². The molecule has 0 amide bonds. The Balaban J connectivity index is 2.22. The van der Waals surface area contributed by atoms with Gasteiger partial charge in [0, 0.05) is 20.0 Å². The highest BCUT2D eigenvalue weighted by Gasteiger charge is 2.38. The molecule has 112 valence electrons. The number of hydrogen-bond donors (Lipinski definition) is 1. The minimum atomic E-state index is -1.26. The standard InChI is InChI=1S/C14H14ClNO5/c1-14(2)20-12(17)8(13(18)21-14)7-16-9-5-4-6-10(19-3)11(9)15/h4-7,16H,1-3H3. The topological polar surface area (TPSA) is 73.9 Å². The highest BCUT2D eigenvalue weighted by atomic mass is 35.5. The fourth-order valence-corrected chi connectivity index (χ4v) is 1.97. The second-order valence-electron chi connectivity index (χ2n) is 4.70. The first-order valence-corrected chi connectivity index (χ1v) is 6.48. The first kappa shape index (κ1) is 15.2. The fourth-order valence-electron chi connectivity index (χ4n) is 1.71. The zero-order chi connectivity index (χ0) is 15.6. The van der Waals surface area contributed by atoms with Gasteiger partial charge in [-0.1, -0.05) is 17.7 Å². The van der Waals surface area contributed by atoms with Crippen molar-refractivity contribution in [3.8, 4) is 5.75 Å². The second-order valence-corrected chi connectivity index (χ2v) is 5.08. The third-order valence-corrected chi connectivity index (χ3v) is 3.06. The van der Waals surface area contributed by atoms with E-state index in [1.807, 2.05) is 0 Å². The van der Waals surface area contributed by atoms with Crippen LogP contribution in [0.5, 0.6) is 5.75 Å². The largest absolute Gasteiger partial charge is 0.495 e. The molecule has 1 N–H and O–H groups in total. The van der Waals surface area contributed by atoms with E-state index >= 15 is 0 Å². The summed E-state index contributed by atoms with van der Waals surface area (Å²) in [5.74, 6) is -2.32. The van der Waals surface area contributed by atoms with E-state index in [4.69, 9.17) is 25.8 Å². The van der Waals surface area contributed by atoms with Gasteiger partial charge in [0.05, 0.1) is 12.8 Å². The lowest BCUT2D eigenvalue weighted by molar-refractivity contribution is -0.222. The number of anilines is 1. The predicted octanol–water partition coefficient (Wildman–Crippen LogP) is 2.48. The van der Waals surface area contributed by atoms with Gasteiger partial charge in [-0.2, -0.15) is 0 Å². The van der Waals surface area contributed by atoms with E-state index in [1.54, 1.807) is 18.2 Å². The third-order valence-electron chi connectivity index (χ3n) is 2.67. The third kappa shape index (κ3) is 3.28.